The lowest BCUT2D eigenvalue weighted by Crippen LogP contribution is -2.34. The van der Waals surface area contributed by atoms with Gasteiger partial charge in [-0.15, -0.1) is 0 Å². The molecular weight excluding hydrogens is 306 g/mol. The SMILES string of the molecule is Cc1ccc(C(C)NC(=O)[C@H]2CCO[C@@H]2c2c(C)nn(C)c2C)o1. The second-order valence-corrected chi connectivity index (χ2v) is 6.57. The third kappa shape index (κ3) is 2.98. The summed E-state index contributed by atoms with van der Waals surface area (Å²) >= 11 is 0. The van der Waals surface area contributed by atoms with Gasteiger partial charge in [0.25, 0.3) is 0 Å². The molecule has 0 aliphatic carbocycles. The highest BCUT2D eigenvalue weighted by atomic mass is 16.5. The Hall–Kier alpha value is -2.08. The first kappa shape index (κ1) is 16.8. The highest BCUT2D eigenvalue weighted by molar-refractivity contribution is 5.80. The summed E-state index contributed by atoms with van der Waals surface area (Å²) in [7, 11) is 1.91. The quantitative estimate of drug-likeness (QED) is 0.935. The van der Waals surface area contributed by atoms with Crippen molar-refractivity contribution in [3.05, 3.63) is 40.6 Å². The molecule has 1 unspecified atom stereocenters. The van der Waals surface area contributed by atoms with Gasteiger partial charge in [-0.3, -0.25) is 9.48 Å². The fourth-order valence-electron chi connectivity index (χ4n) is 3.42. The fourth-order valence-corrected chi connectivity index (χ4v) is 3.42. The highest BCUT2D eigenvalue weighted by Gasteiger charge is 2.38. The summed E-state index contributed by atoms with van der Waals surface area (Å²) in [4.78, 5) is 12.8. The van der Waals surface area contributed by atoms with Crippen LogP contribution in [0.2, 0.25) is 0 Å². The summed E-state index contributed by atoms with van der Waals surface area (Å²) in [5.74, 6) is 1.41. The Kier molecular flexibility index (Phi) is 4.49. The molecule has 6 nitrogen and oxygen atoms in total. The predicted molar refractivity (Wildman–Crippen MR) is 89.5 cm³/mol. The van der Waals surface area contributed by atoms with E-state index in [0.29, 0.717) is 13.0 Å². The maximum absolute atomic E-state index is 12.8. The Bertz CT molecular complexity index is 747. The van der Waals surface area contributed by atoms with Crippen molar-refractivity contribution in [1.82, 2.24) is 15.1 Å². The second kappa shape index (κ2) is 6.43. The van der Waals surface area contributed by atoms with E-state index in [-0.39, 0.29) is 24.0 Å². The van der Waals surface area contributed by atoms with E-state index >= 15 is 0 Å². The van der Waals surface area contributed by atoms with Crippen molar-refractivity contribution in [3.63, 3.8) is 0 Å². The topological polar surface area (TPSA) is 69.3 Å². The van der Waals surface area contributed by atoms with Gasteiger partial charge in [-0.25, -0.2) is 0 Å². The lowest BCUT2D eigenvalue weighted by molar-refractivity contribution is -0.127. The van der Waals surface area contributed by atoms with Gasteiger partial charge in [0.05, 0.1) is 23.8 Å². The summed E-state index contributed by atoms with van der Waals surface area (Å²) in [5.41, 5.74) is 3.01. The molecule has 0 saturated carbocycles. The Labute approximate surface area is 142 Å². The summed E-state index contributed by atoms with van der Waals surface area (Å²) < 4.78 is 13.3. The molecule has 1 aliphatic heterocycles. The zero-order chi connectivity index (χ0) is 17.4. The lowest BCUT2D eigenvalue weighted by Gasteiger charge is -2.21. The third-order valence-electron chi connectivity index (χ3n) is 4.82. The van der Waals surface area contributed by atoms with Crippen LogP contribution in [-0.2, 0) is 16.6 Å². The second-order valence-electron chi connectivity index (χ2n) is 6.57. The first-order valence-corrected chi connectivity index (χ1v) is 8.37. The molecule has 3 atom stereocenters. The van der Waals surface area contributed by atoms with Gasteiger partial charge in [-0.05, 0) is 46.2 Å². The number of rotatable bonds is 4. The monoisotopic (exact) mass is 331 g/mol. The average Bonchev–Trinajstić information content (AvgIpc) is 3.20. The van der Waals surface area contributed by atoms with Crippen LogP contribution in [0.5, 0.6) is 0 Å². The van der Waals surface area contributed by atoms with Gasteiger partial charge in [0, 0.05) is 24.9 Å². The summed E-state index contributed by atoms with van der Waals surface area (Å²) in [6.07, 6.45) is 0.484. The number of carbonyl (C=O) groups excluding carboxylic acids is 1. The van der Waals surface area contributed by atoms with Crippen LogP contribution in [-0.4, -0.2) is 22.3 Å². The van der Waals surface area contributed by atoms with Crippen LogP contribution in [0.15, 0.2) is 16.5 Å². The number of furan rings is 1. The number of hydrogen-bond donors (Lipinski definition) is 1. The Morgan fingerprint density at radius 1 is 1.38 bits per heavy atom. The van der Waals surface area contributed by atoms with Crippen LogP contribution in [0.4, 0.5) is 0 Å². The van der Waals surface area contributed by atoms with Crippen LogP contribution in [0.3, 0.4) is 0 Å². The zero-order valence-electron chi connectivity index (χ0n) is 14.9. The first-order valence-electron chi connectivity index (χ1n) is 8.37. The van der Waals surface area contributed by atoms with Gasteiger partial charge in [0.1, 0.15) is 11.5 Å². The standard InChI is InChI=1S/C18H25N3O3/c1-10-6-7-15(24-10)11(2)19-18(22)14-8-9-23-17(14)16-12(3)20-21(5)13(16)4/h6-7,11,14,17H,8-9H2,1-5H3,(H,19,22)/t11?,14-,17-/m0/s1. The van der Waals surface area contributed by atoms with E-state index in [9.17, 15) is 4.79 Å². The van der Waals surface area contributed by atoms with E-state index < -0.39 is 0 Å². The molecule has 1 N–H and O–H groups in total. The van der Waals surface area contributed by atoms with E-state index in [2.05, 4.69) is 10.4 Å². The number of carbonyl (C=O) groups is 1. The van der Waals surface area contributed by atoms with Crippen LogP contribution in [0, 0.1) is 26.7 Å². The number of aryl methyl sites for hydroxylation is 3. The maximum atomic E-state index is 12.8. The average molecular weight is 331 g/mol. The first-order chi connectivity index (χ1) is 11.4. The lowest BCUT2D eigenvalue weighted by atomic mass is 9.93. The molecule has 2 aromatic heterocycles. The third-order valence-corrected chi connectivity index (χ3v) is 4.82. The zero-order valence-corrected chi connectivity index (χ0v) is 14.9. The number of aromatic nitrogens is 2. The van der Waals surface area contributed by atoms with Gasteiger partial charge in [0.15, 0.2) is 0 Å². The summed E-state index contributed by atoms with van der Waals surface area (Å²) in [6.45, 7) is 8.40. The van der Waals surface area contributed by atoms with E-state index in [1.807, 2.05) is 51.6 Å². The molecule has 130 valence electrons. The molecule has 1 saturated heterocycles. The molecule has 24 heavy (non-hydrogen) atoms. The molecule has 0 spiro atoms. The number of hydrogen-bond acceptors (Lipinski definition) is 4. The van der Waals surface area contributed by atoms with E-state index in [4.69, 9.17) is 9.15 Å². The minimum absolute atomic E-state index is 0.00158. The van der Waals surface area contributed by atoms with Gasteiger partial charge < -0.3 is 14.5 Å². The largest absolute Gasteiger partial charge is 0.464 e. The molecule has 2 aromatic rings. The van der Waals surface area contributed by atoms with Crippen LogP contribution in [0.25, 0.3) is 0 Å². The molecule has 3 rings (SSSR count). The van der Waals surface area contributed by atoms with Gasteiger partial charge in [0.2, 0.25) is 5.91 Å². The van der Waals surface area contributed by atoms with E-state index in [0.717, 1.165) is 28.5 Å². The molecule has 3 heterocycles. The smallest absolute Gasteiger partial charge is 0.226 e. The van der Waals surface area contributed by atoms with Crippen LogP contribution in [0.1, 0.15) is 54.0 Å². The van der Waals surface area contributed by atoms with Crippen molar-refractivity contribution in [2.45, 2.75) is 46.3 Å². The molecule has 1 fully saturated rings. The van der Waals surface area contributed by atoms with Crippen molar-refractivity contribution in [2.75, 3.05) is 6.61 Å². The molecular formula is C18H25N3O3. The molecule has 0 radical (unpaired) electrons. The van der Waals surface area contributed by atoms with Crippen molar-refractivity contribution in [3.8, 4) is 0 Å². The minimum atomic E-state index is -0.232. The van der Waals surface area contributed by atoms with E-state index in [1.165, 1.54) is 0 Å². The predicted octanol–water partition coefficient (Wildman–Crippen LogP) is 2.89. The molecule has 1 amide bonds. The van der Waals surface area contributed by atoms with Gasteiger partial charge in [-0.2, -0.15) is 5.10 Å². The number of nitrogens with zero attached hydrogens (tertiary/aromatic N) is 2. The Morgan fingerprint density at radius 2 is 2.12 bits per heavy atom. The molecule has 0 bridgehead atoms. The number of nitrogens with one attached hydrogen (secondary N) is 1. The van der Waals surface area contributed by atoms with Crippen molar-refractivity contribution in [1.29, 1.82) is 0 Å². The van der Waals surface area contributed by atoms with Gasteiger partial charge >= 0.3 is 0 Å². The normalized spacial score (nSPS) is 21.9. The Balaban J connectivity index is 1.76. The van der Waals surface area contributed by atoms with Gasteiger partial charge in [-0.1, -0.05) is 0 Å². The van der Waals surface area contributed by atoms with E-state index in [1.54, 1.807) is 0 Å². The number of ether oxygens (including phenoxy) is 1. The summed E-state index contributed by atoms with van der Waals surface area (Å²) in [5, 5.41) is 7.51. The van der Waals surface area contributed by atoms with Crippen LogP contribution < -0.4 is 5.32 Å². The van der Waals surface area contributed by atoms with Crippen LogP contribution >= 0.6 is 0 Å². The van der Waals surface area contributed by atoms with Crippen molar-refractivity contribution < 1.29 is 13.9 Å². The summed E-state index contributed by atoms with van der Waals surface area (Å²) in [6, 6.07) is 3.64. The molecule has 0 aromatic carbocycles. The fraction of sp³-hybridized carbons (Fsp3) is 0.556. The molecule has 1 aliphatic rings. The number of amides is 1. The molecule has 6 heteroatoms. The highest BCUT2D eigenvalue weighted by Crippen LogP contribution is 2.38. The van der Waals surface area contributed by atoms with Crippen molar-refractivity contribution in [2.24, 2.45) is 13.0 Å². The minimum Gasteiger partial charge on any atom is -0.464 e. The maximum Gasteiger partial charge on any atom is 0.226 e. The van der Waals surface area contributed by atoms with Crippen molar-refractivity contribution >= 4 is 5.91 Å². The Morgan fingerprint density at radius 3 is 2.71 bits per heavy atom.